The first-order valence-corrected chi connectivity index (χ1v) is 6.49. The quantitative estimate of drug-likeness (QED) is 0.567. The fraction of sp³-hybridized carbons (Fsp3) is 0.615. The van der Waals surface area contributed by atoms with Crippen molar-refractivity contribution in [2.24, 2.45) is 0 Å². The molecule has 100 valence electrons. The van der Waals surface area contributed by atoms with Crippen LogP contribution in [0.2, 0.25) is 0 Å². The van der Waals surface area contributed by atoms with Crippen molar-refractivity contribution in [2.45, 2.75) is 45.4 Å². The van der Waals surface area contributed by atoms with E-state index in [1.165, 1.54) is 38.1 Å². The first-order chi connectivity index (χ1) is 8.75. The minimum Gasteiger partial charge on any atom is -0.461 e. The van der Waals surface area contributed by atoms with E-state index in [9.17, 15) is 4.79 Å². The van der Waals surface area contributed by atoms with Crippen LogP contribution in [-0.2, 0) is 4.74 Å². The summed E-state index contributed by atoms with van der Waals surface area (Å²) in [6, 6.07) is 0. The van der Waals surface area contributed by atoms with E-state index in [1.807, 2.05) is 0 Å². The Kier molecular flexibility index (Phi) is 6.76. The van der Waals surface area contributed by atoms with Crippen molar-refractivity contribution in [3.63, 3.8) is 0 Å². The molecular weight excluding hydrogens is 230 g/mol. The van der Waals surface area contributed by atoms with Crippen molar-refractivity contribution in [1.29, 1.82) is 0 Å². The van der Waals surface area contributed by atoms with Gasteiger partial charge in [-0.1, -0.05) is 39.0 Å². The largest absolute Gasteiger partial charge is 0.461 e. The van der Waals surface area contributed by atoms with Crippen LogP contribution in [0.5, 0.6) is 0 Å². The number of carbonyl (C=O) groups is 1. The van der Waals surface area contributed by atoms with Gasteiger partial charge in [0.1, 0.15) is 0 Å². The monoisotopic (exact) mass is 251 g/mol. The molecular formula is C13H21N3O2. The Morgan fingerprint density at radius 2 is 1.83 bits per heavy atom. The van der Waals surface area contributed by atoms with Crippen molar-refractivity contribution in [2.75, 3.05) is 12.3 Å². The second kappa shape index (κ2) is 8.44. The first kappa shape index (κ1) is 14.4. The molecule has 1 aromatic heterocycles. The lowest BCUT2D eigenvalue weighted by molar-refractivity contribution is 0.0491. The van der Waals surface area contributed by atoms with E-state index in [2.05, 4.69) is 16.9 Å². The van der Waals surface area contributed by atoms with Gasteiger partial charge in [-0.25, -0.2) is 14.8 Å². The van der Waals surface area contributed by atoms with E-state index in [4.69, 9.17) is 10.5 Å². The molecule has 1 rings (SSSR count). The highest BCUT2D eigenvalue weighted by Crippen LogP contribution is 2.07. The lowest BCUT2D eigenvalue weighted by atomic mass is 10.1. The third-order valence-corrected chi connectivity index (χ3v) is 2.65. The molecule has 2 N–H and O–H groups in total. The van der Waals surface area contributed by atoms with E-state index in [1.54, 1.807) is 0 Å². The summed E-state index contributed by atoms with van der Waals surface area (Å²) in [6.07, 6.45) is 9.80. The minimum absolute atomic E-state index is 0.100. The average molecular weight is 251 g/mol. The van der Waals surface area contributed by atoms with E-state index < -0.39 is 5.97 Å². The van der Waals surface area contributed by atoms with Gasteiger partial charge in [-0.15, -0.1) is 0 Å². The van der Waals surface area contributed by atoms with Crippen molar-refractivity contribution < 1.29 is 9.53 Å². The zero-order valence-corrected chi connectivity index (χ0v) is 10.9. The van der Waals surface area contributed by atoms with Crippen molar-refractivity contribution in [3.05, 3.63) is 18.1 Å². The zero-order chi connectivity index (χ0) is 13.2. The molecule has 0 saturated carbocycles. The molecule has 0 aliphatic heterocycles. The minimum atomic E-state index is -0.492. The lowest BCUT2D eigenvalue weighted by Gasteiger charge is -2.05. The summed E-state index contributed by atoms with van der Waals surface area (Å²) in [5.41, 5.74) is 5.63. The van der Waals surface area contributed by atoms with E-state index in [0.29, 0.717) is 6.61 Å². The number of hydrogen-bond acceptors (Lipinski definition) is 5. The maximum absolute atomic E-state index is 11.6. The van der Waals surface area contributed by atoms with Gasteiger partial charge in [0.05, 0.1) is 6.61 Å². The van der Waals surface area contributed by atoms with Crippen LogP contribution in [0.1, 0.15) is 55.9 Å². The van der Waals surface area contributed by atoms with Gasteiger partial charge in [0.25, 0.3) is 0 Å². The summed E-state index contributed by atoms with van der Waals surface area (Å²) in [4.78, 5) is 19.2. The highest BCUT2D eigenvalue weighted by atomic mass is 16.5. The molecule has 18 heavy (non-hydrogen) atoms. The highest BCUT2D eigenvalue weighted by molar-refractivity contribution is 5.91. The number of esters is 1. The summed E-state index contributed by atoms with van der Waals surface area (Å²) in [7, 11) is 0. The molecule has 0 aliphatic carbocycles. The number of aromatic nitrogens is 2. The van der Waals surface area contributed by atoms with Gasteiger partial charge in [0, 0.05) is 12.4 Å². The first-order valence-electron chi connectivity index (χ1n) is 6.49. The predicted octanol–water partition coefficient (Wildman–Crippen LogP) is 2.58. The molecule has 0 saturated heterocycles. The van der Waals surface area contributed by atoms with Gasteiger partial charge in [-0.2, -0.15) is 0 Å². The predicted molar refractivity (Wildman–Crippen MR) is 70.1 cm³/mol. The van der Waals surface area contributed by atoms with Crippen LogP contribution >= 0.6 is 0 Å². The summed E-state index contributed by atoms with van der Waals surface area (Å²) >= 11 is 0. The summed E-state index contributed by atoms with van der Waals surface area (Å²) < 4.78 is 5.09. The molecule has 1 heterocycles. The van der Waals surface area contributed by atoms with Crippen molar-refractivity contribution in [3.8, 4) is 0 Å². The van der Waals surface area contributed by atoms with Crippen LogP contribution in [-0.4, -0.2) is 22.5 Å². The van der Waals surface area contributed by atoms with E-state index in [-0.39, 0.29) is 11.5 Å². The topological polar surface area (TPSA) is 78.1 Å². The molecule has 5 nitrogen and oxygen atoms in total. The molecule has 0 aliphatic rings. The van der Waals surface area contributed by atoms with Crippen molar-refractivity contribution in [1.82, 2.24) is 9.97 Å². The van der Waals surface area contributed by atoms with Gasteiger partial charge in [0.15, 0.2) is 11.5 Å². The Bertz CT molecular complexity index is 369. The van der Waals surface area contributed by atoms with Crippen LogP contribution < -0.4 is 5.73 Å². The number of rotatable bonds is 8. The Morgan fingerprint density at radius 1 is 1.17 bits per heavy atom. The third kappa shape index (κ3) is 5.12. The SMILES string of the molecule is CCCCCCCCOC(=O)c1nccnc1N. The van der Waals surface area contributed by atoms with Crippen LogP contribution in [0, 0.1) is 0 Å². The van der Waals surface area contributed by atoms with E-state index >= 15 is 0 Å². The fourth-order valence-corrected chi connectivity index (χ4v) is 1.62. The zero-order valence-electron chi connectivity index (χ0n) is 10.9. The lowest BCUT2D eigenvalue weighted by Crippen LogP contribution is -2.12. The van der Waals surface area contributed by atoms with Gasteiger partial charge in [0.2, 0.25) is 0 Å². The standard InChI is InChI=1S/C13H21N3O2/c1-2-3-4-5-6-7-10-18-13(17)11-12(14)16-9-8-15-11/h8-9H,2-7,10H2,1H3,(H2,14,16). The van der Waals surface area contributed by atoms with Crippen LogP contribution in [0.4, 0.5) is 5.82 Å². The molecule has 0 radical (unpaired) electrons. The molecule has 0 fully saturated rings. The Balaban J connectivity index is 2.16. The molecule has 0 spiro atoms. The fourth-order valence-electron chi connectivity index (χ4n) is 1.62. The van der Waals surface area contributed by atoms with Gasteiger partial charge >= 0.3 is 5.97 Å². The third-order valence-electron chi connectivity index (χ3n) is 2.65. The second-order valence-electron chi connectivity index (χ2n) is 4.19. The van der Waals surface area contributed by atoms with Crippen LogP contribution in [0.3, 0.4) is 0 Å². The number of nitrogen functional groups attached to an aromatic ring is 1. The Morgan fingerprint density at radius 3 is 2.56 bits per heavy atom. The number of anilines is 1. The summed E-state index contributed by atoms with van der Waals surface area (Å²) in [5, 5.41) is 0. The molecule has 5 heteroatoms. The number of hydrogen-bond donors (Lipinski definition) is 1. The number of unbranched alkanes of at least 4 members (excludes halogenated alkanes) is 5. The molecule has 0 atom stereocenters. The second-order valence-corrected chi connectivity index (χ2v) is 4.19. The normalized spacial score (nSPS) is 10.3. The Hall–Kier alpha value is -1.65. The van der Waals surface area contributed by atoms with Gasteiger partial charge in [-0.3, -0.25) is 0 Å². The molecule has 0 aromatic carbocycles. The number of ether oxygens (including phenoxy) is 1. The molecule has 0 amide bonds. The molecule has 0 bridgehead atoms. The Labute approximate surface area is 108 Å². The summed E-state index contributed by atoms with van der Waals surface area (Å²) in [6.45, 7) is 2.61. The average Bonchev–Trinajstić information content (AvgIpc) is 2.38. The maximum atomic E-state index is 11.6. The smallest absolute Gasteiger partial charge is 0.360 e. The maximum Gasteiger partial charge on any atom is 0.360 e. The van der Waals surface area contributed by atoms with Crippen molar-refractivity contribution >= 4 is 11.8 Å². The highest BCUT2D eigenvalue weighted by Gasteiger charge is 2.12. The number of nitrogens with two attached hydrogens (primary N) is 1. The summed E-state index contributed by atoms with van der Waals surface area (Å²) in [5.74, 6) is -0.375. The molecule has 1 aromatic rings. The van der Waals surface area contributed by atoms with E-state index in [0.717, 1.165) is 12.8 Å². The van der Waals surface area contributed by atoms with Gasteiger partial charge < -0.3 is 10.5 Å². The number of carbonyl (C=O) groups excluding carboxylic acids is 1. The van der Waals surface area contributed by atoms with Crippen LogP contribution in [0.25, 0.3) is 0 Å². The van der Waals surface area contributed by atoms with Gasteiger partial charge in [-0.05, 0) is 6.42 Å². The molecule has 0 unspecified atom stereocenters. The van der Waals surface area contributed by atoms with Crippen LogP contribution in [0.15, 0.2) is 12.4 Å². The number of nitrogens with zero attached hydrogens (tertiary/aromatic N) is 2.